The Morgan fingerprint density at radius 3 is 2.21 bits per heavy atom. The van der Waals surface area contributed by atoms with E-state index >= 15 is 0 Å². The molecule has 0 aromatic heterocycles. The van der Waals surface area contributed by atoms with E-state index < -0.39 is 0 Å². The van der Waals surface area contributed by atoms with E-state index in [0.717, 1.165) is 11.8 Å². The summed E-state index contributed by atoms with van der Waals surface area (Å²) in [6.07, 6.45) is 7.46. The maximum atomic E-state index is 3.43. The summed E-state index contributed by atoms with van der Waals surface area (Å²) >= 11 is 5.35. The van der Waals surface area contributed by atoms with Crippen molar-refractivity contribution in [1.82, 2.24) is 0 Å². The summed E-state index contributed by atoms with van der Waals surface area (Å²) in [5.74, 6) is 0. The van der Waals surface area contributed by atoms with E-state index in [1.54, 1.807) is 6.08 Å². The first-order valence-corrected chi connectivity index (χ1v) is 6.62. The Balaban J connectivity index is 0.000000364. The summed E-state index contributed by atoms with van der Waals surface area (Å²) in [6, 6.07) is 0. The van der Waals surface area contributed by atoms with Crippen molar-refractivity contribution >= 4 is 15.9 Å². The predicted octanol–water partition coefficient (Wildman–Crippen LogP) is 4.36. The normalized spacial score (nSPS) is 15.1. The van der Waals surface area contributed by atoms with Gasteiger partial charge in [-0.1, -0.05) is 22.0 Å². The SMILES string of the molecule is C=CCBr.CC(C)(C)C1=[C]([Ti])CC=C1. The number of rotatable bonds is 1. The van der Waals surface area contributed by atoms with Crippen LogP contribution < -0.4 is 0 Å². The monoisotopic (exact) mass is 289 g/mol. The van der Waals surface area contributed by atoms with Crippen LogP contribution in [0.25, 0.3) is 0 Å². The van der Waals surface area contributed by atoms with Crippen LogP contribution in [0.2, 0.25) is 0 Å². The maximum absolute atomic E-state index is 3.43. The molecule has 0 unspecified atom stereocenters. The minimum absolute atomic E-state index is 0.344. The van der Waals surface area contributed by atoms with Crippen molar-refractivity contribution in [2.45, 2.75) is 27.2 Å². The summed E-state index contributed by atoms with van der Waals surface area (Å²) in [7, 11) is 0. The third kappa shape index (κ3) is 5.33. The molecule has 0 amide bonds. The van der Waals surface area contributed by atoms with Crippen molar-refractivity contribution in [3.63, 3.8) is 0 Å². The van der Waals surface area contributed by atoms with Crippen LogP contribution in [0.1, 0.15) is 27.2 Å². The van der Waals surface area contributed by atoms with Crippen LogP contribution in [0.15, 0.2) is 34.3 Å². The van der Waals surface area contributed by atoms with Crippen LogP contribution >= 0.6 is 15.9 Å². The van der Waals surface area contributed by atoms with Crippen molar-refractivity contribution < 1.29 is 20.4 Å². The van der Waals surface area contributed by atoms with E-state index in [1.807, 2.05) is 0 Å². The zero-order valence-corrected chi connectivity index (χ0v) is 12.4. The summed E-state index contributed by atoms with van der Waals surface area (Å²) in [5, 5.41) is 0.896. The van der Waals surface area contributed by atoms with Crippen LogP contribution in [-0.4, -0.2) is 5.33 Å². The fourth-order valence-corrected chi connectivity index (χ4v) is 2.11. The van der Waals surface area contributed by atoms with E-state index in [4.69, 9.17) is 0 Å². The zero-order valence-electron chi connectivity index (χ0n) is 9.23. The molecule has 0 spiro atoms. The zero-order chi connectivity index (χ0) is 11.2. The molecular weight excluding hydrogens is 272 g/mol. The van der Waals surface area contributed by atoms with Gasteiger partial charge in [0, 0.05) is 5.33 Å². The first-order chi connectivity index (χ1) is 6.43. The van der Waals surface area contributed by atoms with Gasteiger partial charge in [-0.2, -0.15) is 0 Å². The van der Waals surface area contributed by atoms with Gasteiger partial charge in [0.05, 0.1) is 0 Å². The molecule has 0 atom stereocenters. The van der Waals surface area contributed by atoms with Crippen LogP contribution in [0.3, 0.4) is 0 Å². The van der Waals surface area contributed by atoms with Crippen molar-refractivity contribution in [2.75, 3.05) is 5.33 Å². The molecule has 0 aliphatic heterocycles. The van der Waals surface area contributed by atoms with Gasteiger partial charge in [0.15, 0.2) is 0 Å². The number of hydrogen-bond donors (Lipinski definition) is 0. The predicted molar refractivity (Wildman–Crippen MR) is 64.2 cm³/mol. The van der Waals surface area contributed by atoms with Gasteiger partial charge >= 0.3 is 74.6 Å². The van der Waals surface area contributed by atoms with Crippen LogP contribution in [0.4, 0.5) is 0 Å². The molecule has 0 radical (unpaired) electrons. The molecule has 0 nitrogen and oxygen atoms in total. The first kappa shape index (κ1) is 14.4. The van der Waals surface area contributed by atoms with E-state index in [0.29, 0.717) is 5.41 Å². The van der Waals surface area contributed by atoms with Gasteiger partial charge in [-0.3, -0.25) is 0 Å². The van der Waals surface area contributed by atoms with Gasteiger partial charge in [0.1, 0.15) is 0 Å². The number of hydrogen-bond acceptors (Lipinski definition) is 0. The van der Waals surface area contributed by atoms with Gasteiger partial charge in [-0.25, -0.2) is 0 Å². The number of allylic oxidation sites excluding steroid dienone is 5. The average Bonchev–Trinajstić information content (AvgIpc) is 2.51. The van der Waals surface area contributed by atoms with E-state index in [9.17, 15) is 0 Å². The second kappa shape index (κ2) is 6.82. The van der Waals surface area contributed by atoms with Crippen molar-refractivity contribution in [3.8, 4) is 0 Å². The fourth-order valence-electron chi connectivity index (χ4n) is 1.21. The van der Waals surface area contributed by atoms with Gasteiger partial charge in [0.2, 0.25) is 0 Å². The van der Waals surface area contributed by atoms with Gasteiger partial charge in [-0.05, 0) is 0 Å². The Kier molecular flexibility index (Phi) is 7.02. The molecular formula is C12H18BrTi. The molecule has 0 heterocycles. The second-order valence-corrected chi connectivity index (χ2v) is 5.78. The number of halogens is 1. The standard InChI is InChI=1S/C9H13.C3H5Br.Ti/c1-9(2,3)8-6-4-5-7-8;1-2-3-4;/h4,6H,5H2,1-3H3;2H,1,3H2;. The quantitative estimate of drug-likeness (QED) is 0.382. The molecule has 1 aliphatic rings. The van der Waals surface area contributed by atoms with Crippen molar-refractivity contribution in [3.05, 3.63) is 34.3 Å². The summed E-state index contributed by atoms with van der Waals surface area (Å²) in [6.45, 7) is 10.2. The molecule has 0 fully saturated rings. The Hall–Kier alpha value is 0.414. The Morgan fingerprint density at radius 2 is 2.07 bits per heavy atom. The molecule has 0 aromatic carbocycles. The first-order valence-electron chi connectivity index (χ1n) is 4.72. The molecule has 2 heteroatoms. The van der Waals surface area contributed by atoms with Gasteiger partial charge in [0.25, 0.3) is 0 Å². The van der Waals surface area contributed by atoms with Crippen LogP contribution in [-0.2, 0) is 20.4 Å². The van der Waals surface area contributed by atoms with E-state index in [-0.39, 0.29) is 0 Å². The summed E-state index contributed by atoms with van der Waals surface area (Å²) < 4.78 is 1.53. The molecule has 14 heavy (non-hydrogen) atoms. The van der Waals surface area contributed by atoms with Crippen molar-refractivity contribution in [2.24, 2.45) is 5.41 Å². The third-order valence-corrected chi connectivity index (χ3v) is 3.05. The van der Waals surface area contributed by atoms with Gasteiger partial charge in [-0.15, -0.1) is 6.58 Å². The molecule has 0 saturated carbocycles. The number of alkyl halides is 1. The second-order valence-electron chi connectivity index (χ2n) is 4.19. The molecule has 1 rings (SSSR count). The average molecular weight is 290 g/mol. The third-order valence-electron chi connectivity index (χ3n) is 1.85. The molecule has 1 aliphatic carbocycles. The molecule has 0 bridgehead atoms. The Bertz CT molecular complexity index is 244. The molecule has 0 aromatic rings. The van der Waals surface area contributed by atoms with Crippen LogP contribution in [0, 0.1) is 5.41 Å². The molecule has 0 saturated heterocycles. The summed E-state index contributed by atoms with van der Waals surface area (Å²) in [4.78, 5) is 0. The molecule has 0 N–H and O–H groups in total. The fraction of sp³-hybridized carbons (Fsp3) is 0.500. The topological polar surface area (TPSA) is 0 Å². The minimum atomic E-state index is 0.344. The Morgan fingerprint density at radius 1 is 1.57 bits per heavy atom. The van der Waals surface area contributed by atoms with Gasteiger partial charge < -0.3 is 0 Å². The van der Waals surface area contributed by atoms with Crippen molar-refractivity contribution in [1.29, 1.82) is 0 Å². The summed E-state index contributed by atoms with van der Waals surface area (Å²) in [5.41, 5.74) is 1.87. The Labute approximate surface area is 108 Å². The van der Waals surface area contributed by atoms with E-state index in [1.165, 1.54) is 9.45 Å². The van der Waals surface area contributed by atoms with Crippen LogP contribution in [0.5, 0.6) is 0 Å². The van der Waals surface area contributed by atoms with E-state index in [2.05, 4.69) is 75.9 Å². The molecule has 77 valence electrons.